The van der Waals surface area contributed by atoms with Crippen molar-refractivity contribution in [3.05, 3.63) is 26.6 Å². The Bertz CT molecular complexity index is 813. The number of aromatic nitrogens is 1. The second-order valence-corrected chi connectivity index (χ2v) is 9.97. The summed E-state index contributed by atoms with van der Waals surface area (Å²) in [5.41, 5.74) is 1.34. The van der Waals surface area contributed by atoms with Crippen LogP contribution in [0, 0.1) is 16.7 Å². The highest BCUT2D eigenvalue weighted by Crippen LogP contribution is 2.52. The summed E-state index contributed by atoms with van der Waals surface area (Å²) in [6.07, 6.45) is 0.859. The molecule has 0 amide bonds. The van der Waals surface area contributed by atoms with Crippen LogP contribution < -0.4 is 5.32 Å². The highest BCUT2D eigenvalue weighted by molar-refractivity contribution is 8.04. The summed E-state index contributed by atoms with van der Waals surface area (Å²) in [5, 5.41) is 27.5. The van der Waals surface area contributed by atoms with Crippen molar-refractivity contribution in [3.8, 4) is 0 Å². The molecule has 1 aromatic heterocycles. The van der Waals surface area contributed by atoms with Crippen molar-refractivity contribution < 1.29 is 15.0 Å². The topological polar surface area (TPSA) is 115 Å². The van der Waals surface area contributed by atoms with Gasteiger partial charge in [-0.25, -0.2) is 9.78 Å². The molecule has 0 radical (unpaired) electrons. The van der Waals surface area contributed by atoms with Crippen molar-refractivity contribution in [1.29, 1.82) is 0 Å². The number of carboxylic acids is 1. The van der Waals surface area contributed by atoms with Gasteiger partial charge in [-0.2, -0.15) is 4.91 Å². The summed E-state index contributed by atoms with van der Waals surface area (Å²) < 4.78 is 0.837. The molecule has 3 N–H and O–H groups in total. The largest absolute Gasteiger partial charge is 0.477 e. The van der Waals surface area contributed by atoms with E-state index in [4.69, 9.17) is 4.98 Å². The fourth-order valence-corrected chi connectivity index (χ4v) is 6.81. The molecule has 4 heterocycles. The number of aliphatic hydroxyl groups excluding tert-OH is 1. The Morgan fingerprint density at radius 2 is 2.36 bits per heavy atom. The normalized spacial score (nSPS) is 33.0. The molecule has 152 valence electrons. The molecule has 28 heavy (non-hydrogen) atoms. The summed E-state index contributed by atoms with van der Waals surface area (Å²) in [4.78, 5) is 30.3. The maximum absolute atomic E-state index is 11.9. The number of nitrogens with one attached hydrogen (secondary N) is 1. The predicted molar refractivity (Wildman–Crippen MR) is 107 cm³/mol. The SMILES string of the molecule is C[C@H]1C(Sc2nc([C@@H]3CN[C@H](CO)C3)cs2)=C(C(=O)O)N2C[C@H]([C@@H](C)N=O)C12. The zero-order chi connectivity index (χ0) is 20.0. The van der Waals surface area contributed by atoms with Gasteiger partial charge in [-0.1, -0.05) is 23.9 Å². The van der Waals surface area contributed by atoms with Crippen LogP contribution in [0.4, 0.5) is 0 Å². The third-order valence-electron chi connectivity index (χ3n) is 6.20. The molecular weight excluding hydrogens is 400 g/mol. The minimum Gasteiger partial charge on any atom is -0.477 e. The Kier molecular flexibility index (Phi) is 5.47. The van der Waals surface area contributed by atoms with E-state index in [0.29, 0.717) is 12.2 Å². The van der Waals surface area contributed by atoms with Gasteiger partial charge in [-0.15, -0.1) is 11.3 Å². The molecule has 8 nitrogen and oxygen atoms in total. The summed E-state index contributed by atoms with van der Waals surface area (Å²) in [5.74, 6) is -0.532. The van der Waals surface area contributed by atoms with E-state index in [9.17, 15) is 19.9 Å². The molecule has 0 saturated carbocycles. The maximum Gasteiger partial charge on any atom is 0.353 e. The lowest BCUT2D eigenvalue weighted by Crippen LogP contribution is -2.58. The van der Waals surface area contributed by atoms with E-state index in [-0.39, 0.29) is 42.5 Å². The number of thiazole rings is 1. The minimum atomic E-state index is -0.926. The lowest BCUT2D eigenvalue weighted by molar-refractivity contribution is -0.136. The fraction of sp³-hybridized carbons (Fsp3) is 0.667. The summed E-state index contributed by atoms with van der Waals surface area (Å²) in [6, 6.07) is -0.179. The second kappa shape index (κ2) is 7.74. The average molecular weight is 425 g/mol. The molecule has 1 unspecified atom stereocenters. The van der Waals surface area contributed by atoms with Crippen LogP contribution >= 0.6 is 23.1 Å². The number of hydrogen-bond acceptors (Lipinski definition) is 9. The van der Waals surface area contributed by atoms with E-state index in [0.717, 1.165) is 27.9 Å². The van der Waals surface area contributed by atoms with Crippen molar-refractivity contribution in [2.75, 3.05) is 19.7 Å². The van der Waals surface area contributed by atoms with E-state index in [2.05, 4.69) is 10.5 Å². The van der Waals surface area contributed by atoms with Crippen molar-refractivity contribution in [2.24, 2.45) is 17.0 Å². The van der Waals surface area contributed by atoms with Gasteiger partial charge >= 0.3 is 5.97 Å². The number of hydrogen-bond donors (Lipinski definition) is 3. The molecule has 0 aromatic carbocycles. The molecule has 10 heteroatoms. The number of nitroso groups, excluding NO2 is 1. The molecule has 6 atom stereocenters. The predicted octanol–water partition coefficient (Wildman–Crippen LogP) is 2.07. The van der Waals surface area contributed by atoms with E-state index < -0.39 is 5.97 Å². The molecule has 2 saturated heterocycles. The van der Waals surface area contributed by atoms with Crippen LogP contribution in [0.2, 0.25) is 0 Å². The Labute approximate surface area is 171 Å². The molecule has 4 rings (SSSR count). The molecule has 1 aromatic rings. The third kappa shape index (κ3) is 3.26. The molecule has 3 aliphatic heterocycles. The van der Waals surface area contributed by atoms with E-state index in [1.165, 1.54) is 23.1 Å². The van der Waals surface area contributed by atoms with Crippen LogP contribution in [0.15, 0.2) is 25.5 Å². The van der Waals surface area contributed by atoms with Crippen molar-refractivity contribution >= 4 is 29.1 Å². The van der Waals surface area contributed by atoms with Crippen LogP contribution in [0.1, 0.15) is 31.9 Å². The zero-order valence-electron chi connectivity index (χ0n) is 15.7. The maximum atomic E-state index is 11.9. The second-order valence-electron chi connectivity index (χ2n) is 7.82. The number of carboxylic acid groups (broad SMARTS) is 1. The number of aliphatic carboxylic acids is 1. The number of rotatable bonds is 7. The van der Waals surface area contributed by atoms with Gasteiger partial charge in [0.05, 0.1) is 18.3 Å². The zero-order valence-corrected chi connectivity index (χ0v) is 17.4. The highest BCUT2D eigenvalue weighted by atomic mass is 32.2. The van der Waals surface area contributed by atoms with Crippen molar-refractivity contribution in [3.63, 3.8) is 0 Å². The third-order valence-corrected chi connectivity index (χ3v) is 8.44. The van der Waals surface area contributed by atoms with Gasteiger partial charge in [0.2, 0.25) is 0 Å². The van der Waals surface area contributed by atoms with Crippen LogP contribution in [-0.2, 0) is 4.79 Å². The summed E-state index contributed by atoms with van der Waals surface area (Å²) >= 11 is 2.97. The molecule has 3 aliphatic rings. The van der Waals surface area contributed by atoms with Gasteiger partial charge in [0.1, 0.15) is 5.70 Å². The van der Waals surface area contributed by atoms with Crippen molar-refractivity contribution in [2.45, 2.75) is 48.7 Å². The molecule has 2 fully saturated rings. The van der Waals surface area contributed by atoms with Crippen molar-refractivity contribution in [1.82, 2.24) is 15.2 Å². The molecular formula is C18H24N4O4S2. The standard InChI is InChI=1S/C18H24N4O4S2/c1-8-14-12(9(2)21-26)5-22(14)15(17(24)25)16(8)28-18-20-13(7-27-18)10-3-11(6-23)19-4-10/h7-12,14,19,23H,3-6H2,1-2H3,(H,24,25)/t8-,9-,10+,11+,12-,14?/m1/s1. The van der Waals surface area contributed by atoms with Gasteiger partial charge in [0.25, 0.3) is 0 Å². The average Bonchev–Trinajstić information content (AvgIpc) is 3.34. The Morgan fingerprint density at radius 3 is 3.00 bits per heavy atom. The Morgan fingerprint density at radius 1 is 1.57 bits per heavy atom. The van der Waals surface area contributed by atoms with Gasteiger partial charge in [-0.3, -0.25) is 0 Å². The van der Waals surface area contributed by atoms with Gasteiger partial charge in [0, 0.05) is 53.2 Å². The van der Waals surface area contributed by atoms with E-state index in [1.54, 1.807) is 6.92 Å². The van der Waals surface area contributed by atoms with Gasteiger partial charge < -0.3 is 20.4 Å². The summed E-state index contributed by atoms with van der Waals surface area (Å²) in [7, 11) is 0. The molecule has 0 spiro atoms. The Balaban J connectivity index is 1.52. The van der Waals surface area contributed by atoms with E-state index >= 15 is 0 Å². The fourth-order valence-electron chi connectivity index (χ4n) is 4.61. The first-order valence-electron chi connectivity index (χ1n) is 9.48. The van der Waals surface area contributed by atoms with Crippen LogP contribution in [0.5, 0.6) is 0 Å². The van der Waals surface area contributed by atoms with Gasteiger partial charge in [0.15, 0.2) is 4.34 Å². The highest BCUT2D eigenvalue weighted by Gasteiger charge is 2.54. The first kappa shape index (κ1) is 19.8. The first-order valence-corrected chi connectivity index (χ1v) is 11.2. The Hall–Kier alpha value is -1.49. The minimum absolute atomic E-state index is 0.0186. The number of thioether (sulfide) groups is 1. The van der Waals surface area contributed by atoms with Crippen LogP contribution in [0.25, 0.3) is 0 Å². The monoisotopic (exact) mass is 424 g/mol. The number of nitrogens with zero attached hydrogens (tertiary/aromatic N) is 3. The lowest BCUT2D eigenvalue weighted by atomic mass is 9.79. The first-order chi connectivity index (χ1) is 13.4. The summed E-state index contributed by atoms with van der Waals surface area (Å²) in [6.45, 7) is 5.32. The quantitative estimate of drug-likeness (QED) is 0.570. The molecule has 0 bridgehead atoms. The number of fused-ring (bicyclic) bond motifs is 1. The number of aliphatic hydroxyl groups is 1. The van der Waals surface area contributed by atoms with Crippen LogP contribution in [-0.4, -0.2) is 63.9 Å². The molecule has 0 aliphatic carbocycles. The van der Waals surface area contributed by atoms with E-state index in [1.807, 2.05) is 17.2 Å². The lowest BCUT2D eigenvalue weighted by Gasteiger charge is -2.48. The van der Waals surface area contributed by atoms with Gasteiger partial charge in [-0.05, 0) is 13.3 Å². The van der Waals surface area contributed by atoms with Crippen LogP contribution in [0.3, 0.4) is 0 Å². The smallest absolute Gasteiger partial charge is 0.353 e. The number of carbonyl (C=O) groups is 1.